The first-order valence-electron chi connectivity index (χ1n) is 9.56. The lowest BCUT2D eigenvalue weighted by Crippen LogP contribution is -2.05. The zero-order chi connectivity index (χ0) is 15.8. The van der Waals surface area contributed by atoms with E-state index in [2.05, 4.69) is 13.8 Å². The zero-order valence-corrected chi connectivity index (χ0v) is 14.7. The van der Waals surface area contributed by atoms with Gasteiger partial charge >= 0.3 is 0 Å². The SMILES string of the molecule is CCCCC(O)CCCCCCCCCC(O)CCCC. The van der Waals surface area contributed by atoms with E-state index in [1.54, 1.807) is 0 Å². The molecule has 0 bridgehead atoms. The smallest absolute Gasteiger partial charge is 0.0540 e. The van der Waals surface area contributed by atoms with Crippen molar-refractivity contribution in [2.75, 3.05) is 0 Å². The van der Waals surface area contributed by atoms with E-state index in [1.165, 1.54) is 57.8 Å². The molecule has 21 heavy (non-hydrogen) atoms. The largest absolute Gasteiger partial charge is 0.393 e. The van der Waals surface area contributed by atoms with Gasteiger partial charge in [0.05, 0.1) is 12.2 Å². The quantitative estimate of drug-likeness (QED) is 0.364. The van der Waals surface area contributed by atoms with E-state index in [-0.39, 0.29) is 12.2 Å². The zero-order valence-electron chi connectivity index (χ0n) is 14.7. The van der Waals surface area contributed by atoms with Gasteiger partial charge in [0.2, 0.25) is 0 Å². The molecule has 2 heteroatoms. The highest BCUT2D eigenvalue weighted by Crippen LogP contribution is 2.14. The molecule has 0 fully saturated rings. The van der Waals surface area contributed by atoms with Crippen LogP contribution in [0.2, 0.25) is 0 Å². The van der Waals surface area contributed by atoms with Crippen LogP contribution in [0.1, 0.15) is 110 Å². The average molecular weight is 301 g/mol. The van der Waals surface area contributed by atoms with Gasteiger partial charge in [-0.25, -0.2) is 0 Å². The predicted octanol–water partition coefficient (Wildman–Crippen LogP) is 5.60. The lowest BCUT2D eigenvalue weighted by Gasteiger charge is -2.10. The molecule has 0 aromatic carbocycles. The molecule has 2 atom stereocenters. The minimum absolute atomic E-state index is 0.0606. The van der Waals surface area contributed by atoms with Gasteiger partial charge in [0.1, 0.15) is 0 Å². The molecule has 0 aromatic rings. The van der Waals surface area contributed by atoms with Crippen LogP contribution in [0.5, 0.6) is 0 Å². The van der Waals surface area contributed by atoms with Gasteiger partial charge in [0.25, 0.3) is 0 Å². The fraction of sp³-hybridized carbons (Fsp3) is 1.00. The van der Waals surface area contributed by atoms with Crippen molar-refractivity contribution in [1.82, 2.24) is 0 Å². The van der Waals surface area contributed by atoms with Crippen LogP contribution in [0.4, 0.5) is 0 Å². The van der Waals surface area contributed by atoms with Crippen LogP contribution in [0.3, 0.4) is 0 Å². The van der Waals surface area contributed by atoms with Crippen molar-refractivity contribution in [2.45, 2.75) is 122 Å². The molecule has 0 amide bonds. The van der Waals surface area contributed by atoms with Crippen LogP contribution in [-0.2, 0) is 0 Å². The van der Waals surface area contributed by atoms with Crippen LogP contribution in [0.25, 0.3) is 0 Å². The summed E-state index contributed by atoms with van der Waals surface area (Å²) in [6.45, 7) is 4.35. The van der Waals surface area contributed by atoms with Gasteiger partial charge in [-0.3, -0.25) is 0 Å². The Labute approximate surface area is 133 Å². The molecule has 0 saturated carbocycles. The first kappa shape index (κ1) is 20.9. The summed E-state index contributed by atoms with van der Waals surface area (Å²) >= 11 is 0. The van der Waals surface area contributed by atoms with E-state index in [0.29, 0.717) is 0 Å². The maximum Gasteiger partial charge on any atom is 0.0540 e. The Morgan fingerprint density at radius 2 is 0.762 bits per heavy atom. The molecule has 0 aliphatic carbocycles. The monoisotopic (exact) mass is 300 g/mol. The van der Waals surface area contributed by atoms with E-state index in [1.807, 2.05) is 0 Å². The van der Waals surface area contributed by atoms with Crippen molar-refractivity contribution in [3.63, 3.8) is 0 Å². The number of aliphatic hydroxyl groups is 2. The van der Waals surface area contributed by atoms with Gasteiger partial charge in [-0.15, -0.1) is 0 Å². The van der Waals surface area contributed by atoms with Crippen LogP contribution in [0.15, 0.2) is 0 Å². The van der Waals surface area contributed by atoms with Crippen molar-refractivity contribution in [2.24, 2.45) is 0 Å². The Morgan fingerprint density at radius 1 is 0.476 bits per heavy atom. The highest BCUT2D eigenvalue weighted by molar-refractivity contribution is 4.58. The fourth-order valence-corrected chi connectivity index (χ4v) is 2.81. The minimum Gasteiger partial charge on any atom is -0.393 e. The van der Waals surface area contributed by atoms with Crippen LogP contribution in [0, 0.1) is 0 Å². The summed E-state index contributed by atoms with van der Waals surface area (Å²) in [6.07, 6.45) is 17.3. The third-order valence-electron chi connectivity index (χ3n) is 4.36. The third-order valence-corrected chi connectivity index (χ3v) is 4.36. The Balaban J connectivity index is 3.15. The topological polar surface area (TPSA) is 40.5 Å². The van der Waals surface area contributed by atoms with Gasteiger partial charge < -0.3 is 10.2 Å². The van der Waals surface area contributed by atoms with Crippen molar-refractivity contribution in [3.05, 3.63) is 0 Å². The number of hydrogen-bond acceptors (Lipinski definition) is 2. The van der Waals surface area contributed by atoms with E-state index in [0.717, 1.165) is 38.5 Å². The first-order valence-corrected chi connectivity index (χ1v) is 9.56. The van der Waals surface area contributed by atoms with Gasteiger partial charge in [-0.05, 0) is 25.7 Å². The Morgan fingerprint density at radius 3 is 1.10 bits per heavy atom. The van der Waals surface area contributed by atoms with E-state index in [9.17, 15) is 10.2 Å². The second-order valence-electron chi connectivity index (χ2n) is 6.64. The molecule has 0 spiro atoms. The van der Waals surface area contributed by atoms with Crippen molar-refractivity contribution < 1.29 is 10.2 Å². The molecule has 2 nitrogen and oxygen atoms in total. The molecule has 0 heterocycles. The number of aliphatic hydroxyl groups excluding tert-OH is 2. The number of rotatable bonds is 16. The van der Waals surface area contributed by atoms with Crippen molar-refractivity contribution >= 4 is 0 Å². The summed E-state index contributed by atoms with van der Waals surface area (Å²) in [5, 5.41) is 19.5. The van der Waals surface area contributed by atoms with Gasteiger partial charge in [0.15, 0.2) is 0 Å². The standard InChI is InChI=1S/C19H40O2/c1-3-5-14-18(20)16-12-10-8-7-9-11-13-17-19(21)15-6-4-2/h18-21H,3-17H2,1-2H3. The number of hydrogen-bond donors (Lipinski definition) is 2. The molecule has 0 aromatic heterocycles. The highest BCUT2D eigenvalue weighted by atomic mass is 16.3. The molecule has 0 rings (SSSR count). The van der Waals surface area contributed by atoms with Crippen LogP contribution in [-0.4, -0.2) is 22.4 Å². The molecule has 2 N–H and O–H groups in total. The summed E-state index contributed by atoms with van der Waals surface area (Å²) in [5.74, 6) is 0. The number of unbranched alkanes of at least 4 members (excludes halogenated alkanes) is 8. The summed E-state index contributed by atoms with van der Waals surface area (Å²) in [4.78, 5) is 0. The molecule has 0 aliphatic rings. The second-order valence-corrected chi connectivity index (χ2v) is 6.64. The Hall–Kier alpha value is -0.0800. The predicted molar refractivity (Wildman–Crippen MR) is 92.6 cm³/mol. The lowest BCUT2D eigenvalue weighted by molar-refractivity contribution is 0.147. The maximum atomic E-state index is 9.74. The van der Waals surface area contributed by atoms with Crippen LogP contribution < -0.4 is 0 Å². The Bertz CT molecular complexity index is 174. The summed E-state index contributed by atoms with van der Waals surface area (Å²) in [6, 6.07) is 0. The van der Waals surface area contributed by atoms with Crippen molar-refractivity contribution in [3.8, 4) is 0 Å². The highest BCUT2D eigenvalue weighted by Gasteiger charge is 2.04. The van der Waals surface area contributed by atoms with Gasteiger partial charge in [-0.2, -0.15) is 0 Å². The summed E-state index contributed by atoms with van der Waals surface area (Å²) in [7, 11) is 0. The molecule has 0 aliphatic heterocycles. The molecular formula is C19H40O2. The fourth-order valence-electron chi connectivity index (χ4n) is 2.81. The van der Waals surface area contributed by atoms with Crippen LogP contribution >= 0.6 is 0 Å². The summed E-state index contributed by atoms with van der Waals surface area (Å²) < 4.78 is 0. The lowest BCUT2D eigenvalue weighted by atomic mass is 10.0. The van der Waals surface area contributed by atoms with E-state index in [4.69, 9.17) is 0 Å². The van der Waals surface area contributed by atoms with Gasteiger partial charge in [0, 0.05) is 0 Å². The molecule has 0 saturated heterocycles. The summed E-state index contributed by atoms with van der Waals surface area (Å²) in [5.41, 5.74) is 0. The van der Waals surface area contributed by atoms with E-state index >= 15 is 0 Å². The molecule has 0 radical (unpaired) electrons. The normalized spacial score (nSPS) is 14.3. The second kappa shape index (κ2) is 16.3. The van der Waals surface area contributed by atoms with E-state index < -0.39 is 0 Å². The Kier molecular flexibility index (Phi) is 16.2. The molecule has 128 valence electrons. The average Bonchev–Trinajstić information content (AvgIpc) is 2.49. The first-order chi connectivity index (χ1) is 10.2. The maximum absolute atomic E-state index is 9.74. The third kappa shape index (κ3) is 16.1. The molecular weight excluding hydrogens is 260 g/mol. The van der Waals surface area contributed by atoms with Gasteiger partial charge in [-0.1, -0.05) is 84.5 Å². The molecule has 2 unspecified atom stereocenters. The minimum atomic E-state index is -0.0606. The van der Waals surface area contributed by atoms with Crippen molar-refractivity contribution in [1.29, 1.82) is 0 Å².